The van der Waals surface area contributed by atoms with Crippen molar-refractivity contribution in [1.29, 1.82) is 0 Å². The number of urea groups is 1. The van der Waals surface area contributed by atoms with E-state index in [1.807, 2.05) is 30.3 Å². The number of amides is 4. The molecule has 0 spiro atoms. The Bertz CT molecular complexity index is 987. The van der Waals surface area contributed by atoms with Crippen LogP contribution in [0.4, 0.5) is 16.2 Å². The Labute approximate surface area is 167 Å². The standard InChI is InChI=1S/C21H20N4O4/c22-21(28)25-17(12-14-6-2-1-3-7-14)19(26)23-15-8-4-9-16(13-15)24-20(27)18-10-5-11-29-18/h1-11,13,17H,12H2,(H,23,26)(H,24,27)(H3,22,25,28)/t17-/m1/s1. The molecule has 2 aromatic carbocycles. The van der Waals surface area contributed by atoms with Crippen molar-refractivity contribution in [3.63, 3.8) is 0 Å². The molecule has 0 saturated carbocycles. The molecule has 0 aliphatic rings. The number of primary amides is 1. The topological polar surface area (TPSA) is 126 Å². The first kappa shape index (κ1) is 19.7. The Hall–Kier alpha value is -4.07. The molecule has 1 heterocycles. The second-order valence-electron chi connectivity index (χ2n) is 6.25. The van der Waals surface area contributed by atoms with Crippen LogP contribution in [0.2, 0.25) is 0 Å². The molecule has 0 aliphatic carbocycles. The highest BCUT2D eigenvalue weighted by molar-refractivity contribution is 6.03. The van der Waals surface area contributed by atoms with E-state index in [0.717, 1.165) is 5.56 Å². The van der Waals surface area contributed by atoms with Crippen LogP contribution in [0, 0.1) is 0 Å². The molecule has 148 valence electrons. The van der Waals surface area contributed by atoms with Gasteiger partial charge in [-0.05, 0) is 35.9 Å². The third-order valence-electron chi connectivity index (χ3n) is 4.05. The molecule has 1 atom stereocenters. The molecular weight excluding hydrogens is 372 g/mol. The maximum absolute atomic E-state index is 12.7. The minimum atomic E-state index is -0.851. The van der Waals surface area contributed by atoms with Crippen LogP contribution in [0.15, 0.2) is 77.4 Å². The molecule has 8 heteroatoms. The third-order valence-corrected chi connectivity index (χ3v) is 4.05. The molecule has 3 rings (SSSR count). The number of nitrogens with one attached hydrogen (secondary N) is 3. The summed E-state index contributed by atoms with van der Waals surface area (Å²) in [6, 6.07) is 17.4. The molecular formula is C21H20N4O4. The van der Waals surface area contributed by atoms with Crippen molar-refractivity contribution in [2.45, 2.75) is 12.5 Å². The smallest absolute Gasteiger partial charge is 0.312 e. The van der Waals surface area contributed by atoms with Crippen LogP contribution in [-0.4, -0.2) is 23.9 Å². The first-order valence-electron chi connectivity index (χ1n) is 8.87. The highest BCUT2D eigenvalue weighted by atomic mass is 16.3. The Morgan fingerprint density at radius 1 is 0.897 bits per heavy atom. The monoisotopic (exact) mass is 392 g/mol. The molecule has 0 bridgehead atoms. The molecule has 0 unspecified atom stereocenters. The van der Waals surface area contributed by atoms with Gasteiger partial charge in [0.25, 0.3) is 5.91 Å². The summed E-state index contributed by atoms with van der Waals surface area (Å²) in [6.45, 7) is 0. The van der Waals surface area contributed by atoms with E-state index in [1.165, 1.54) is 6.26 Å². The summed E-state index contributed by atoms with van der Waals surface area (Å²) in [5.41, 5.74) is 7.03. The van der Waals surface area contributed by atoms with Gasteiger partial charge in [-0.25, -0.2) is 4.79 Å². The zero-order valence-electron chi connectivity index (χ0n) is 15.4. The summed E-state index contributed by atoms with van der Waals surface area (Å²) in [5, 5.41) is 7.88. The molecule has 0 aliphatic heterocycles. The molecule has 0 saturated heterocycles. The fourth-order valence-corrected chi connectivity index (χ4v) is 2.74. The summed E-state index contributed by atoms with van der Waals surface area (Å²) in [6.07, 6.45) is 1.69. The van der Waals surface area contributed by atoms with Crippen LogP contribution in [0.3, 0.4) is 0 Å². The zero-order chi connectivity index (χ0) is 20.6. The average molecular weight is 392 g/mol. The number of nitrogens with two attached hydrogens (primary N) is 1. The second-order valence-corrected chi connectivity index (χ2v) is 6.25. The highest BCUT2D eigenvalue weighted by Crippen LogP contribution is 2.17. The largest absolute Gasteiger partial charge is 0.459 e. The predicted octanol–water partition coefficient (Wildman–Crippen LogP) is 2.75. The van der Waals surface area contributed by atoms with E-state index in [-0.39, 0.29) is 12.2 Å². The van der Waals surface area contributed by atoms with Gasteiger partial charge in [0.2, 0.25) is 5.91 Å². The van der Waals surface area contributed by atoms with Crippen molar-refractivity contribution in [3.8, 4) is 0 Å². The lowest BCUT2D eigenvalue weighted by Gasteiger charge is -2.18. The summed E-state index contributed by atoms with van der Waals surface area (Å²) in [4.78, 5) is 36.1. The maximum atomic E-state index is 12.7. The number of hydrogen-bond acceptors (Lipinski definition) is 4. The molecule has 29 heavy (non-hydrogen) atoms. The van der Waals surface area contributed by atoms with Crippen molar-refractivity contribution < 1.29 is 18.8 Å². The average Bonchev–Trinajstić information content (AvgIpc) is 3.23. The number of anilines is 2. The molecule has 1 aromatic heterocycles. The van der Waals surface area contributed by atoms with E-state index >= 15 is 0 Å². The number of carbonyl (C=O) groups is 3. The normalized spacial score (nSPS) is 11.3. The van der Waals surface area contributed by atoms with Crippen LogP contribution < -0.4 is 21.7 Å². The Morgan fingerprint density at radius 3 is 2.28 bits per heavy atom. The van der Waals surface area contributed by atoms with E-state index < -0.39 is 23.9 Å². The van der Waals surface area contributed by atoms with Gasteiger partial charge in [-0.3, -0.25) is 9.59 Å². The maximum Gasteiger partial charge on any atom is 0.312 e. The zero-order valence-corrected chi connectivity index (χ0v) is 15.4. The van der Waals surface area contributed by atoms with Crippen molar-refractivity contribution >= 4 is 29.2 Å². The van der Waals surface area contributed by atoms with Crippen LogP contribution >= 0.6 is 0 Å². The highest BCUT2D eigenvalue weighted by Gasteiger charge is 2.20. The van der Waals surface area contributed by atoms with Crippen molar-refractivity contribution in [2.75, 3.05) is 10.6 Å². The first-order chi connectivity index (χ1) is 14.0. The lowest BCUT2D eigenvalue weighted by Crippen LogP contribution is -2.47. The van der Waals surface area contributed by atoms with E-state index in [0.29, 0.717) is 11.4 Å². The van der Waals surface area contributed by atoms with Gasteiger partial charge in [-0.15, -0.1) is 0 Å². The number of furan rings is 1. The van der Waals surface area contributed by atoms with Crippen molar-refractivity contribution in [3.05, 3.63) is 84.3 Å². The summed E-state index contributed by atoms with van der Waals surface area (Å²) < 4.78 is 5.05. The van der Waals surface area contributed by atoms with Gasteiger partial charge in [0.1, 0.15) is 6.04 Å². The SMILES string of the molecule is NC(=O)N[C@H](Cc1ccccc1)C(=O)Nc1cccc(NC(=O)c2ccco2)c1. The molecule has 3 aromatic rings. The fraction of sp³-hybridized carbons (Fsp3) is 0.0952. The van der Waals surface area contributed by atoms with Gasteiger partial charge in [0.15, 0.2) is 5.76 Å². The lowest BCUT2D eigenvalue weighted by molar-refractivity contribution is -0.117. The second kappa shape index (κ2) is 9.23. The predicted molar refractivity (Wildman–Crippen MR) is 108 cm³/mol. The summed E-state index contributed by atoms with van der Waals surface area (Å²) >= 11 is 0. The van der Waals surface area contributed by atoms with Gasteiger partial charge >= 0.3 is 6.03 Å². The molecule has 8 nitrogen and oxygen atoms in total. The first-order valence-corrected chi connectivity index (χ1v) is 8.87. The Morgan fingerprint density at radius 2 is 1.62 bits per heavy atom. The lowest BCUT2D eigenvalue weighted by atomic mass is 10.1. The quantitative estimate of drug-likeness (QED) is 0.493. The van der Waals surface area contributed by atoms with E-state index in [4.69, 9.17) is 10.2 Å². The minimum Gasteiger partial charge on any atom is -0.459 e. The summed E-state index contributed by atoms with van der Waals surface area (Å²) in [7, 11) is 0. The number of rotatable bonds is 7. The number of benzene rings is 2. The molecule has 5 N–H and O–H groups in total. The van der Waals surface area contributed by atoms with Crippen molar-refractivity contribution in [2.24, 2.45) is 5.73 Å². The van der Waals surface area contributed by atoms with Gasteiger partial charge < -0.3 is 26.1 Å². The van der Waals surface area contributed by atoms with Gasteiger partial charge in [0, 0.05) is 17.8 Å². The molecule has 0 radical (unpaired) electrons. The Balaban J connectivity index is 1.68. The van der Waals surface area contributed by atoms with Crippen molar-refractivity contribution in [1.82, 2.24) is 5.32 Å². The van der Waals surface area contributed by atoms with E-state index in [9.17, 15) is 14.4 Å². The number of carbonyl (C=O) groups excluding carboxylic acids is 3. The molecule has 0 fully saturated rings. The minimum absolute atomic E-state index is 0.174. The summed E-state index contributed by atoms with van der Waals surface area (Å²) in [5.74, 6) is -0.661. The Kier molecular flexibility index (Phi) is 6.26. The van der Waals surface area contributed by atoms with Crippen LogP contribution in [0.1, 0.15) is 16.1 Å². The number of hydrogen-bond donors (Lipinski definition) is 4. The van der Waals surface area contributed by atoms with Gasteiger partial charge in [0.05, 0.1) is 6.26 Å². The van der Waals surface area contributed by atoms with Crippen LogP contribution in [-0.2, 0) is 11.2 Å². The van der Waals surface area contributed by atoms with Crippen LogP contribution in [0.5, 0.6) is 0 Å². The van der Waals surface area contributed by atoms with Gasteiger partial charge in [-0.2, -0.15) is 0 Å². The van der Waals surface area contributed by atoms with Crippen LogP contribution in [0.25, 0.3) is 0 Å². The third kappa shape index (κ3) is 5.70. The van der Waals surface area contributed by atoms with Gasteiger partial charge in [-0.1, -0.05) is 36.4 Å². The van der Waals surface area contributed by atoms with E-state index in [1.54, 1.807) is 36.4 Å². The van der Waals surface area contributed by atoms with E-state index in [2.05, 4.69) is 16.0 Å². The molecule has 4 amide bonds. The fourth-order valence-electron chi connectivity index (χ4n) is 2.74.